The summed E-state index contributed by atoms with van der Waals surface area (Å²) in [5.74, 6) is 0.756. The van der Waals surface area contributed by atoms with Crippen molar-refractivity contribution in [1.29, 1.82) is 0 Å². The zero-order valence-electron chi connectivity index (χ0n) is 19.1. The van der Waals surface area contributed by atoms with E-state index in [4.69, 9.17) is 4.74 Å². The first-order valence-electron chi connectivity index (χ1n) is 11.0. The van der Waals surface area contributed by atoms with Gasteiger partial charge < -0.3 is 14.5 Å². The minimum atomic E-state index is -3.70. The zero-order chi connectivity index (χ0) is 22.9. The number of benzene rings is 2. The molecule has 8 heteroatoms. The van der Waals surface area contributed by atoms with Crippen LogP contribution in [0.2, 0.25) is 0 Å². The smallest absolute Gasteiger partial charge is 0.271 e. The molecule has 0 amide bonds. The van der Waals surface area contributed by atoms with Crippen LogP contribution in [-0.2, 0) is 10.0 Å². The van der Waals surface area contributed by atoms with Crippen molar-refractivity contribution in [3.8, 4) is 5.75 Å². The number of rotatable bonds is 6. The Labute approximate surface area is 194 Å². The predicted octanol–water partition coefficient (Wildman–Crippen LogP) is 4.86. The Kier molecular flexibility index (Phi) is 6.65. The number of thiophene rings is 1. The van der Waals surface area contributed by atoms with Crippen LogP contribution in [0.25, 0.3) is 10.1 Å². The van der Waals surface area contributed by atoms with Gasteiger partial charge in [0.1, 0.15) is 9.96 Å². The van der Waals surface area contributed by atoms with Crippen molar-refractivity contribution < 1.29 is 13.2 Å². The molecule has 0 spiro atoms. The Morgan fingerprint density at radius 3 is 2.62 bits per heavy atom. The summed E-state index contributed by atoms with van der Waals surface area (Å²) in [6.45, 7) is 11.0. The van der Waals surface area contributed by atoms with E-state index in [0.29, 0.717) is 9.90 Å². The van der Waals surface area contributed by atoms with Crippen LogP contribution in [0.1, 0.15) is 24.5 Å². The standard InChI is InChI=1S/C24H31N3O3S2/c1-5-26-11-6-12-27(14-13-26)21-16-19(8-9-22(21)30-4)25-32(28,29)24-18(3)20-15-17(2)7-10-23(20)31-24/h7-10,15-16,25H,5-6,11-14H2,1-4H3. The van der Waals surface area contributed by atoms with Gasteiger partial charge in [-0.2, -0.15) is 0 Å². The summed E-state index contributed by atoms with van der Waals surface area (Å²) in [7, 11) is -2.05. The molecule has 2 heterocycles. The van der Waals surface area contributed by atoms with Gasteiger partial charge in [0.25, 0.3) is 10.0 Å². The predicted molar refractivity (Wildman–Crippen MR) is 134 cm³/mol. The summed E-state index contributed by atoms with van der Waals surface area (Å²) in [5.41, 5.74) is 3.39. The highest BCUT2D eigenvalue weighted by atomic mass is 32.2. The Bertz CT molecular complexity index is 1220. The quantitative estimate of drug-likeness (QED) is 0.554. The summed E-state index contributed by atoms with van der Waals surface area (Å²) in [6, 6.07) is 11.6. The van der Waals surface area contributed by atoms with Crippen LogP contribution in [-0.4, -0.2) is 53.2 Å². The van der Waals surface area contributed by atoms with Crippen LogP contribution in [0.15, 0.2) is 40.6 Å². The second-order valence-corrected chi connectivity index (χ2v) is 11.2. The minimum Gasteiger partial charge on any atom is -0.495 e. The van der Waals surface area contributed by atoms with E-state index in [-0.39, 0.29) is 0 Å². The maximum absolute atomic E-state index is 13.3. The minimum absolute atomic E-state index is 0.365. The van der Waals surface area contributed by atoms with Gasteiger partial charge in [-0.15, -0.1) is 11.3 Å². The molecule has 1 aliphatic heterocycles. The van der Waals surface area contributed by atoms with Crippen molar-refractivity contribution in [2.45, 2.75) is 31.4 Å². The average molecular weight is 474 g/mol. The van der Waals surface area contributed by atoms with Gasteiger partial charge in [-0.1, -0.05) is 24.6 Å². The molecular weight excluding hydrogens is 442 g/mol. The highest BCUT2D eigenvalue weighted by Crippen LogP contribution is 2.37. The van der Waals surface area contributed by atoms with E-state index < -0.39 is 10.0 Å². The number of methoxy groups -OCH3 is 1. The fraction of sp³-hybridized carbons (Fsp3) is 0.417. The lowest BCUT2D eigenvalue weighted by Crippen LogP contribution is -2.30. The van der Waals surface area contributed by atoms with E-state index in [1.54, 1.807) is 13.2 Å². The lowest BCUT2D eigenvalue weighted by molar-refractivity contribution is 0.310. The molecule has 1 aromatic heterocycles. The molecule has 0 unspecified atom stereocenters. The van der Waals surface area contributed by atoms with E-state index in [2.05, 4.69) is 21.4 Å². The Hall–Kier alpha value is -2.29. The first-order chi connectivity index (χ1) is 15.3. The van der Waals surface area contributed by atoms with Crippen LogP contribution in [0.4, 0.5) is 11.4 Å². The summed E-state index contributed by atoms with van der Waals surface area (Å²) in [4.78, 5) is 4.73. The molecule has 0 radical (unpaired) electrons. The van der Waals surface area contributed by atoms with Crippen LogP contribution >= 0.6 is 11.3 Å². The van der Waals surface area contributed by atoms with Crippen LogP contribution in [0, 0.1) is 13.8 Å². The SMILES string of the molecule is CCN1CCCN(c2cc(NS(=O)(=O)c3sc4ccc(C)cc4c3C)ccc2OC)CC1. The zero-order valence-corrected chi connectivity index (χ0v) is 20.8. The number of ether oxygens (including phenoxy) is 1. The van der Waals surface area contributed by atoms with E-state index in [9.17, 15) is 8.42 Å². The van der Waals surface area contributed by atoms with Crippen molar-refractivity contribution >= 4 is 42.8 Å². The van der Waals surface area contributed by atoms with Gasteiger partial charge in [-0.05, 0) is 68.6 Å². The lowest BCUT2D eigenvalue weighted by Gasteiger charge is -2.25. The largest absolute Gasteiger partial charge is 0.495 e. The third-order valence-electron chi connectivity index (χ3n) is 6.10. The molecule has 172 valence electrons. The van der Waals surface area contributed by atoms with Crippen LogP contribution < -0.4 is 14.4 Å². The van der Waals surface area contributed by atoms with E-state index >= 15 is 0 Å². The highest BCUT2D eigenvalue weighted by Gasteiger charge is 2.23. The van der Waals surface area contributed by atoms with E-state index in [1.165, 1.54) is 11.3 Å². The number of fused-ring (bicyclic) bond motifs is 1. The summed E-state index contributed by atoms with van der Waals surface area (Å²) >= 11 is 1.31. The second kappa shape index (κ2) is 9.29. The molecule has 0 atom stereocenters. The molecule has 1 N–H and O–H groups in total. The summed E-state index contributed by atoms with van der Waals surface area (Å²) < 4.78 is 36.4. The van der Waals surface area contributed by atoms with E-state index in [0.717, 1.165) is 71.8 Å². The molecule has 6 nitrogen and oxygen atoms in total. The van der Waals surface area contributed by atoms with Crippen LogP contribution in [0.3, 0.4) is 0 Å². The molecule has 3 aromatic rings. The Morgan fingerprint density at radius 1 is 1.06 bits per heavy atom. The van der Waals surface area contributed by atoms with Gasteiger partial charge >= 0.3 is 0 Å². The molecule has 4 rings (SSSR count). The normalized spacial score (nSPS) is 15.7. The first-order valence-corrected chi connectivity index (χ1v) is 13.3. The Morgan fingerprint density at radius 2 is 1.88 bits per heavy atom. The van der Waals surface area contributed by atoms with Gasteiger partial charge in [0.15, 0.2) is 0 Å². The van der Waals surface area contributed by atoms with Crippen molar-refractivity contribution in [1.82, 2.24) is 4.90 Å². The molecular formula is C24H31N3O3S2. The molecule has 1 saturated heterocycles. The monoisotopic (exact) mass is 473 g/mol. The van der Waals surface area contributed by atoms with Gasteiger partial charge in [-0.3, -0.25) is 4.72 Å². The fourth-order valence-electron chi connectivity index (χ4n) is 4.30. The van der Waals surface area contributed by atoms with Crippen molar-refractivity contribution in [3.05, 3.63) is 47.5 Å². The van der Waals surface area contributed by atoms with Gasteiger partial charge in [0, 0.05) is 24.3 Å². The molecule has 1 fully saturated rings. The number of nitrogens with one attached hydrogen (secondary N) is 1. The van der Waals surface area contributed by atoms with Gasteiger partial charge in [-0.25, -0.2) is 8.42 Å². The molecule has 0 saturated carbocycles. The first kappa shape index (κ1) is 22.9. The maximum Gasteiger partial charge on any atom is 0.271 e. The number of hydrogen-bond donors (Lipinski definition) is 1. The maximum atomic E-state index is 13.3. The number of anilines is 2. The Balaban J connectivity index is 1.64. The number of sulfonamides is 1. The van der Waals surface area contributed by atoms with Crippen molar-refractivity contribution in [2.24, 2.45) is 0 Å². The van der Waals surface area contributed by atoms with Crippen molar-refractivity contribution in [3.63, 3.8) is 0 Å². The topological polar surface area (TPSA) is 61.9 Å². The molecule has 0 bridgehead atoms. The molecule has 32 heavy (non-hydrogen) atoms. The number of hydrogen-bond acceptors (Lipinski definition) is 6. The summed E-state index contributed by atoms with van der Waals surface area (Å²) in [5, 5.41) is 0.996. The van der Waals surface area contributed by atoms with E-state index in [1.807, 2.05) is 44.2 Å². The number of aryl methyl sites for hydroxylation is 2. The third-order valence-corrected chi connectivity index (χ3v) is 9.37. The van der Waals surface area contributed by atoms with Gasteiger partial charge in [0.05, 0.1) is 18.5 Å². The average Bonchev–Trinajstić information content (AvgIpc) is 2.95. The molecule has 2 aromatic carbocycles. The summed E-state index contributed by atoms with van der Waals surface area (Å²) in [6.07, 6.45) is 1.06. The van der Waals surface area contributed by atoms with Crippen molar-refractivity contribution in [2.75, 3.05) is 49.5 Å². The van der Waals surface area contributed by atoms with Gasteiger partial charge in [0.2, 0.25) is 0 Å². The third kappa shape index (κ3) is 4.58. The number of nitrogens with zero attached hydrogens (tertiary/aromatic N) is 2. The van der Waals surface area contributed by atoms with Crippen LogP contribution in [0.5, 0.6) is 5.75 Å². The number of likely N-dealkylation sites (N-methyl/N-ethyl adjacent to an activating group) is 1. The second-order valence-electron chi connectivity index (χ2n) is 8.28. The fourth-order valence-corrected chi connectivity index (χ4v) is 7.10. The molecule has 0 aliphatic carbocycles. The lowest BCUT2D eigenvalue weighted by atomic mass is 10.1. The molecule has 1 aliphatic rings. The highest BCUT2D eigenvalue weighted by molar-refractivity contribution is 7.94.